The van der Waals surface area contributed by atoms with E-state index in [2.05, 4.69) is 4.99 Å². The third-order valence-electron chi connectivity index (χ3n) is 2.52. The van der Waals surface area contributed by atoms with Gasteiger partial charge in [-0.15, -0.1) is 0 Å². The smallest absolute Gasteiger partial charge is 0.275 e. The Morgan fingerprint density at radius 2 is 1.40 bits per heavy atom. The van der Waals surface area contributed by atoms with Crippen molar-refractivity contribution in [2.45, 2.75) is 0 Å². The maximum atomic E-state index is 7.11. The predicted octanol–water partition coefficient (Wildman–Crippen LogP) is 3.70. The molecule has 0 spiro atoms. The number of benzene rings is 2. The Labute approximate surface area is 119 Å². The summed E-state index contributed by atoms with van der Waals surface area (Å²) in [7, 11) is 1.63. The van der Waals surface area contributed by atoms with Gasteiger partial charge in [0.1, 0.15) is 11.5 Å². The van der Waals surface area contributed by atoms with Gasteiger partial charge in [0, 0.05) is 19.5 Å². The third-order valence-corrected chi connectivity index (χ3v) is 3.16. The van der Waals surface area contributed by atoms with Crippen molar-refractivity contribution in [3.05, 3.63) is 59.7 Å². The van der Waals surface area contributed by atoms with E-state index >= 15 is 0 Å². The Morgan fingerprint density at radius 1 is 0.900 bits per heavy atom. The molecule has 4 nitrogen and oxygen atoms in total. The number of rotatable bonds is 6. The van der Waals surface area contributed by atoms with Gasteiger partial charge in [-0.05, 0) is 59.7 Å². The second-order valence-corrected chi connectivity index (χ2v) is 4.53. The highest BCUT2D eigenvalue weighted by Crippen LogP contribution is 2.25. The van der Waals surface area contributed by atoms with Gasteiger partial charge in [0.05, 0.1) is 0 Å². The van der Waals surface area contributed by atoms with Gasteiger partial charge in [0.15, 0.2) is 0 Å². The zero-order valence-corrected chi connectivity index (χ0v) is 12.0. The minimum Gasteiger partial charge on any atom is -0.441 e. The molecular formula is C15H15N2O2P. The summed E-state index contributed by atoms with van der Waals surface area (Å²) in [5, 5.41) is 7.11. The molecule has 5 heteroatoms. The maximum Gasteiger partial charge on any atom is 0.275 e. The van der Waals surface area contributed by atoms with Crippen LogP contribution in [-0.4, -0.2) is 19.5 Å². The lowest BCUT2D eigenvalue weighted by atomic mass is 10.2. The average Bonchev–Trinajstić information content (AvgIpc) is 2.50. The van der Waals surface area contributed by atoms with E-state index < -0.39 is 0 Å². The van der Waals surface area contributed by atoms with Crippen LogP contribution in [0.1, 0.15) is 11.1 Å². The van der Waals surface area contributed by atoms with Crippen LogP contribution in [0.4, 0.5) is 0 Å². The van der Waals surface area contributed by atoms with E-state index in [0.29, 0.717) is 0 Å². The quantitative estimate of drug-likeness (QED) is 0.650. The van der Waals surface area contributed by atoms with Gasteiger partial charge in [-0.3, -0.25) is 4.99 Å². The van der Waals surface area contributed by atoms with Crippen molar-refractivity contribution in [1.82, 2.24) is 0 Å². The molecule has 1 atom stereocenters. The van der Waals surface area contributed by atoms with Crippen LogP contribution in [-0.2, 0) is 0 Å². The van der Waals surface area contributed by atoms with Crippen LogP contribution in [0.5, 0.6) is 11.5 Å². The zero-order chi connectivity index (χ0) is 14.2. The fourth-order valence-corrected chi connectivity index (χ4v) is 2.03. The lowest BCUT2D eigenvalue weighted by molar-refractivity contribution is 0.516. The molecule has 0 saturated carbocycles. The molecule has 2 aromatic rings. The molecule has 0 bridgehead atoms. The molecule has 2 rings (SSSR count). The highest BCUT2D eigenvalue weighted by atomic mass is 31.1. The Hall–Kier alpha value is -2.19. The first-order valence-corrected chi connectivity index (χ1v) is 6.85. The van der Waals surface area contributed by atoms with Gasteiger partial charge < -0.3 is 14.5 Å². The third kappa shape index (κ3) is 4.18. The minimum absolute atomic E-state index is 0.108. The molecule has 0 aliphatic heterocycles. The standard InChI is InChI=1S/C15H15N2O2P/c1-17-11-13-4-8-15(9-5-13)19-20-18-14-6-2-12(10-16)3-7-14/h2-11,16,20H,1H3. The summed E-state index contributed by atoms with van der Waals surface area (Å²) in [6.45, 7) is 0. The van der Waals surface area contributed by atoms with Gasteiger partial charge in [0.2, 0.25) is 0 Å². The highest BCUT2D eigenvalue weighted by molar-refractivity contribution is 7.27. The summed E-state index contributed by atoms with van der Waals surface area (Å²) in [5.41, 5.74) is 1.88. The maximum absolute atomic E-state index is 7.11. The molecule has 0 amide bonds. The van der Waals surface area contributed by atoms with E-state index in [1.54, 1.807) is 13.3 Å². The number of nitrogens with zero attached hydrogens (tertiary/aromatic N) is 1. The monoisotopic (exact) mass is 286 g/mol. The number of hydrogen-bond acceptors (Lipinski definition) is 4. The van der Waals surface area contributed by atoms with E-state index in [0.717, 1.165) is 22.6 Å². The Balaban J connectivity index is 1.84. The summed E-state index contributed by atoms with van der Waals surface area (Å²) in [5.74, 6) is 1.48. The van der Waals surface area contributed by atoms with E-state index in [1.165, 1.54) is 6.21 Å². The molecule has 0 fully saturated rings. The molecule has 0 aliphatic carbocycles. The van der Waals surface area contributed by atoms with E-state index in [-0.39, 0.29) is 9.03 Å². The molecule has 0 radical (unpaired) electrons. The SMILES string of the molecule is CN=Cc1ccc(OPOc2ccc(C=N)cc2)cc1. The van der Waals surface area contributed by atoms with Gasteiger partial charge >= 0.3 is 0 Å². The van der Waals surface area contributed by atoms with Crippen molar-refractivity contribution >= 4 is 21.5 Å². The number of hydrogen-bond donors (Lipinski definition) is 1. The largest absolute Gasteiger partial charge is 0.441 e. The summed E-state index contributed by atoms with van der Waals surface area (Å²) in [6, 6.07) is 14.9. The normalized spacial score (nSPS) is 11.1. The van der Waals surface area contributed by atoms with Crippen LogP contribution in [0.15, 0.2) is 53.5 Å². The van der Waals surface area contributed by atoms with Crippen molar-refractivity contribution in [3.63, 3.8) is 0 Å². The van der Waals surface area contributed by atoms with E-state index in [1.807, 2.05) is 48.5 Å². The second kappa shape index (κ2) is 7.41. The lowest BCUT2D eigenvalue weighted by Gasteiger charge is -2.07. The molecule has 0 heterocycles. The van der Waals surface area contributed by atoms with Crippen molar-refractivity contribution in [2.24, 2.45) is 4.99 Å². The number of nitrogens with one attached hydrogen (secondary N) is 1. The van der Waals surface area contributed by atoms with Crippen molar-refractivity contribution in [1.29, 1.82) is 5.41 Å². The fraction of sp³-hybridized carbons (Fsp3) is 0.0667. The first kappa shape index (κ1) is 14.2. The van der Waals surface area contributed by atoms with Gasteiger partial charge in [0.25, 0.3) is 9.03 Å². The molecule has 1 N–H and O–H groups in total. The molecule has 0 saturated heterocycles. The minimum atomic E-state index is -0.108. The molecule has 1 unspecified atom stereocenters. The predicted molar refractivity (Wildman–Crippen MR) is 83.9 cm³/mol. The van der Waals surface area contributed by atoms with Gasteiger partial charge in [-0.1, -0.05) is 0 Å². The first-order chi connectivity index (χ1) is 9.81. The van der Waals surface area contributed by atoms with Gasteiger partial charge in [-0.2, -0.15) is 0 Å². The molecule has 102 valence electrons. The molecular weight excluding hydrogens is 271 g/mol. The lowest BCUT2D eigenvalue weighted by Crippen LogP contribution is -1.87. The second-order valence-electron chi connectivity index (χ2n) is 3.96. The van der Waals surface area contributed by atoms with Crippen LogP contribution in [0.3, 0.4) is 0 Å². The van der Waals surface area contributed by atoms with E-state index in [4.69, 9.17) is 14.5 Å². The molecule has 20 heavy (non-hydrogen) atoms. The summed E-state index contributed by atoms with van der Waals surface area (Å²) in [6.07, 6.45) is 3.08. The van der Waals surface area contributed by atoms with Crippen LogP contribution in [0.25, 0.3) is 0 Å². The fourth-order valence-electron chi connectivity index (χ4n) is 1.52. The summed E-state index contributed by atoms with van der Waals surface area (Å²) in [4.78, 5) is 3.95. The topological polar surface area (TPSA) is 54.7 Å². The number of aliphatic imine (C=N–C) groups is 1. The summed E-state index contributed by atoms with van der Waals surface area (Å²) < 4.78 is 11.0. The van der Waals surface area contributed by atoms with Crippen LogP contribution >= 0.6 is 9.03 Å². The first-order valence-electron chi connectivity index (χ1n) is 6.03. The molecule has 2 aromatic carbocycles. The molecule has 0 aliphatic rings. The Kier molecular flexibility index (Phi) is 5.27. The van der Waals surface area contributed by atoms with Crippen molar-refractivity contribution in [3.8, 4) is 11.5 Å². The van der Waals surface area contributed by atoms with E-state index in [9.17, 15) is 0 Å². The average molecular weight is 286 g/mol. The van der Waals surface area contributed by atoms with Crippen molar-refractivity contribution in [2.75, 3.05) is 7.05 Å². The Bertz CT molecular complexity index is 580. The molecule has 0 aromatic heterocycles. The van der Waals surface area contributed by atoms with Crippen molar-refractivity contribution < 1.29 is 9.05 Å². The Morgan fingerprint density at radius 3 is 1.85 bits per heavy atom. The van der Waals surface area contributed by atoms with Crippen LogP contribution in [0.2, 0.25) is 0 Å². The van der Waals surface area contributed by atoms with Crippen LogP contribution < -0.4 is 9.05 Å². The summed E-state index contributed by atoms with van der Waals surface area (Å²) >= 11 is 0. The van der Waals surface area contributed by atoms with Crippen LogP contribution in [0, 0.1) is 5.41 Å². The highest BCUT2D eigenvalue weighted by Gasteiger charge is 1.97. The zero-order valence-electron chi connectivity index (χ0n) is 11.0. The van der Waals surface area contributed by atoms with Gasteiger partial charge in [-0.25, -0.2) is 0 Å².